The van der Waals surface area contributed by atoms with E-state index in [0.29, 0.717) is 0 Å². The highest BCUT2D eigenvalue weighted by Gasteiger charge is 2.04. The van der Waals surface area contributed by atoms with Crippen molar-refractivity contribution in [2.24, 2.45) is 5.73 Å². The average molecular weight is 167 g/mol. The van der Waals surface area contributed by atoms with Crippen molar-refractivity contribution >= 4 is 11.3 Å². The van der Waals surface area contributed by atoms with E-state index in [-0.39, 0.29) is 6.04 Å². The van der Waals surface area contributed by atoms with Crippen LogP contribution < -0.4 is 5.73 Å². The van der Waals surface area contributed by atoms with E-state index in [4.69, 9.17) is 5.73 Å². The van der Waals surface area contributed by atoms with Gasteiger partial charge in [0.05, 0.1) is 0 Å². The molecule has 11 heavy (non-hydrogen) atoms. The van der Waals surface area contributed by atoms with Crippen molar-refractivity contribution in [1.29, 1.82) is 0 Å². The smallest absolute Gasteiger partial charge is 0.0424 e. The zero-order chi connectivity index (χ0) is 8.27. The fourth-order valence-electron chi connectivity index (χ4n) is 0.948. The summed E-state index contributed by atoms with van der Waals surface area (Å²) in [5.41, 5.74) is 5.86. The van der Waals surface area contributed by atoms with E-state index >= 15 is 0 Å². The molecule has 0 saturated carbocycles. The molecule has 1 nitrogen and oxygen atoms in total. The molecule has 0 bridgehead atoms. The predicted octanol–water partition coefficient (Wildman–Crippen LogP) is 2.63. The lowest BCUT2D eigenvalue weighted by Crippen LogP contribution is -2.06. The van der Waals surface area contributed by atoms with Crippen molar-refractivity contribution < 1.29 is 0 Å². The number of aryl methyl sites for hydroxylation is 1. The van der Waals surface area contributed by atoms with Crippen molar-refractivity contribution in [3.05, 3.63) is 34.5 Å². The van der Waals surface area contributed by atoms with E-state index in [1.807, 2.05) is 6.08 Å². The Morgan fingerprint density at radius 1 is 1.73 bits per heavy atom. The number of rotatable bonds is 3. The van der Waals surface area contributed by atoms with Crippen molar-refractivity contribution in [3.63, 3.8) is 0 Å². The van der Waals surface area contributed by atoms with Gasteiger partial charge < -0.3 is 5.73 Å². The van der Waals surface area contributed by atoms with E-state index in [1.165, 1.54) is 9.75 Å². The molecule has 0 aliphatic heterocycles. The van der Waals surface area contributed by atoms with Gasteiger partial charge in [0.1, 0.15) is 0 Å². The van der Waals surface area contributed by atoms with E-state index in [0.717, 1.165) is 6.42 Å². The molecule has 0 aliphatic rings. The van der Waals surface area contributed by atoms with E-state index in [2.05, 4.69) is 25.6 Å². The molecule has 1 aromatic heterocycles. The molecule has 0 radical (unpaired) electrons. The Labute approximate surface area is 71.5 Å². The highest BCUT2D eigenvalue weighted by atomic mass is 32.1. The summed E-state index contributed by atoms with van der Waals surface area (Å²) in [6.45, 7) is 5.75. The van der Waals surface area contributed by atoms with E-state index in [9.17, 15) is 0 Å². The van der Waals surface area contributed by atoms with Crippen LogP contribution >= 0.6 is 11.3 Å². The van der Waals surface area contributed by atoms with Gasteiger partial charge >= 0.3 is 0 Å². The Morgan fingerprint density at radius 3 is 2.91 bits per heavy atom. The SMILES string of the molecule is C=CC[C@H](N)c1ccc(C)s1. The molecule has 1 rings (SSSR count). The molecule has 2 heteroatoms. The highest BCUT2D eigenvalue weighted by Crippen LogP contribution is 2.22. The van der Waals surface area contributed by atoms with Crippen LogP contribution in [0.25, 0.3) is 0 Å². The third-order valence-corrected chi connectivity index (χ3v) is 2.68. The Bertz CT molecular complexity index is 239. The first-order valence-corrected chi connectivity index (χ1v) is 4.48. The normalized spacial score (nSPS) is 12.9. The van der Waals surface area contributed by atoms with Gasteiger partial charge in [-0.2, -0.15) is 0 Å². The Morgan fingerprint density at radius 2 is 2.45 bits per heavy atom. The van der Waals surface area contributed by atoms with Crippen LogP contribution in [-0.4, -0.2) is 0 Å². The van der Waals surface area contributed by atoms with Gasteiger partial charge in [-0.3, -0.25) is 0 Å². The summed E-state index contributed by atoms with van der Waals surface area (Å²) >= 11 is 1.76. The number of hydrogen-bond acceptors (Lipinski definition) is 2. The number of thiophene rings is 1. The third-order valence-electron chi connectivity index (χ3n) is 1.55. The Hall–Kier alpha value is -0.600. The lowest BCUT2D eigenvalue weighted by atomic mass is 10.2. The quantitative estimate of drug-likeness (QED) is 0.688. The maximum Gasteiger partial charge on any atom is 0.0424 e. The van der Waals surface area contributed by atoms with Gasteiger partial charge in [-0.1, -0.05) is 6.08 Å². The minimum Gasteiger partial charge on any atom is -0.323 e. The van der Waals surface area contributed by atoms with Crippen LogP contribution in [0.4, 0.5) is 0 Å². The first-order chi connectivity index (χ1) is 5.24. The molecular weight excluding hydrogens is 154 g/mol. The lowest BCUT2D eigenvalue weighted by molar-refractivity contribution is 0.758. The van der Waals surface area contributed by atoms with Crippen molar-refractivity contribution in [3.8, 4) is 0 Å². The fraction of sp³-hybridized carbons (Fsp3) is 0.333. The fourth-order valence-corrected chi connectivity index (χ4v) is 1.84. The van der Waals surface area contributed by atoms with Crippen LogP contribution in [0.15, 0.2) is 24.8 Å². The van der Waals surface area contributed by atoms with Crippen molar-refractivity contribution in [1.82, 2.24) is 0 Å². The van der Waals surface area contributed by atoms with Crippen molar-refractivity contribution in [2.75, 3.05) is 0 Å². The number of hydrogen-bond donors (Lipinski definition) is 1. The van der Waals surface area contributed by atoms with Gasteiger partial charge in [0.25, 0.3) is 0 Å². The molecule has 1 heterocycles. The largest absolute Gasteiger partial charge is 0.323 e. The monoisotopic (exact) mass is 167 g/mol. The topological polar surface area (TPSA) is 26.0 Å². The molecule has 60 valence electrons. The molecule has 0 spiro atoms. The highest BCUT2D eigenvalue weighted by molar-refractivity contribution is 7.12. The molecule has 0 saturated heterocycles. The molecule has 0 amide bonds. The third kappa shape index (κ3) is 2.17. The molecule has 1 atom stereocenters. The maximum absolute atomic E-state index is 5.86. The summed E-state index contributed by atoms with van der Waals surface area (Å²) in [5.74, 6) is 0. The first kappa shape index (κ1) is 8.50. The van der Waals surface area contributed by atoms with Gasteiger partial charge in [-0.05, 0) is 25.5 Å². The van der Waals surface area contributed by atoms with Crippen LogP contribution in [0.1, 0.15) is 22.2 Å². The first-order valence-electron chi connectivity index (χ1n) is 3.67. The second-order valence-electron chi connectivity index (χ2n) is 2.58. The van der Waals surface area contributed by atoms with Crippen LogP contribution in [-0.2, 0) is 0 Å². The van der Waals surface area contributed by atoms with Crippen LogP contribution in [0.3, 0.4) is 0 Å². The zero-order valence-electron chi connectivity index (χ0n) is 6.71. The lowest BCUT2D eigenvalue weighted by Gasteiger charge is -2.04. The van der Waals surface area contributed by atoms with E-state index in [1.54, 1.807) is 11.3 Å². The van der Waals surface area contributed by atoms with Gasteiger partial charge in [0, 0.05) is 15.8 Å². The molecular formula is C9H13NS. The van der Waals surface area contributed by atoms with E-state index < -0.39 is 0 Å². The molecule has 0 unspecified atom stereocenters. The molecule has 0 aliphatic carbocycles. The van der Waals surface area contributed by atoms with Gasteiger partial charge in [-0.15, -0.1) is 17.9 Å². The Balaban J connectivity index is 2.67. The standard InChI is InChI=1S/C9H13NS/c1-3-4-8(10)9-6-5-7(2)11-9/h3,5-6,8H,1,4,10H2,2H3/t8-/m0/s1. The molecule has 1 aromatic rings. The van der Waals surface area contributed by atoms with Crippen LogP contribution in [0.5, 0.6) is 0 Å². The second-order valence-corrected chi connectivity index (χ2v) is 3.90. The minimum absolute atomic E-state index is 0.145. The summed E-state index contributed by atoms with van der Waals surface area (Å²) < 4.78 is 0. The molecule has 0 fully saturated rings. The molecule has 0 aromatic carbocycles. The Kier molecular flexibility index (Phi) is 2.85. The van der Waals surface area contributed by atoms with Gasteiger partial charge in [0.2, 0.25) is 0 Å². The predicted molar refractivity (Wildman–Crippen MR) is 50.8 cm³/mol. The maximum atomic E-state index is 5.86. The summed E-state index contributed by atoms with van der Waals surface area (Å²) in [6, 6.07) is 4.34. The zero-order valence-corrected chi connectivity index (χ0v) is 7.53. The summed E-state index contributed by atoms with van der Waals surface area (Å²) in [5, 5.41) is 0. The summed E-state index contributed by atoms with van der Waals surface area (Å²) in [6.07, 6.45) is 2.72. The number of nitrogens with two attached hydrogens (primary N) is 1. The van der Waals surface area contributed by atoms with Gasteiger partial charge in [0.15, 0.2) is 0 Å². The van der Waals surface area contributed by atoms with Crippen LogP contribution in [0, 0.1) is 6.92 Å². The molecule has 2 N–H and O–H groups in total. The van der Waals surface area contributed by atoms with Crippen LogP contribution in [0.2, 0.25) is 0 Å². The van der Waals surface area contributed by atoms with Gasteiger partial charge in [-0.25, -0.2) is 0 Å². The van der Waals surface area contributed by atoms with Crippen molar-refractivity contribution in [2.45, 2.75) is 19.4 Å². The minimum atomic E-state index is 0.145. The average Bonchev–Trinajstić information content (AvgIpc) is 2.36. The summed E-state index contributed by atoms with van der Waals surface area (Å²) in [4.78, 5) is 2.57. The second kappa shape index (κ2) is 3.69. The summed E-state index contributed by atoms with van der Waals surface area (Å²) in [7, 11) is 0.